The van der Waals surface area contributed by atoms with Crippen LogP contribution < -0.4 is 0 Å². The lowest BCUT2D eigenvalue weighted by Gasteiger charge is -1.94. The molecule has 0 atom stereocenters. The number of carbonyl (C=O) groups is 1. The lowest BCUT2D eigenvalue weighted by atomic mass is 10.9. The minimum Gasteiger partial charge on any atom is -0.435 e. The summed E-state index contributed by atoms with van der Waals surface area (Å²) in [6.07, 6.45) is -0.734. The first-order valence-electron chi connectivity index (χ1n) is 1.90. The Kier molecular flexibility index (Phi) is 3.10. The van der Waals surface area contributed by atoms with E-state index in [-0.39, 0.29) is 0 Å². The number of ether oxygens (including phenoxy) is 2. The third kappa shape index (κ3) is 3.09. The fraction of sp³-hybridized carbons (Fsp3) is 0.500. The lowest BCUT2D eigenvalue weighted by Crippen LogP contribution is -2.00. The van der Waals surface area contributed by atoms with Crippen molar-refractivity contribution in [2.45, 2.75) is 6.92 Å². The fourth-order valence-electron chi connectivity index (χ4n) is 0.160. The molecule has 0 aromatic heterocycles. The molecule has 0 aliphatic rings. The van der Waals surface area contributed by atoms with Crippen molar-refractivity contribution in [1.29, 1.82) is 0 Å². The first-order chi connectivity index (χ1) is 3.31. The molecule has 41 valence electrons. The monoisotopic (exact) mass is 103 g/mol. The van der Waals surface area contributed by atoms with Gasteiger partial charge < -0.3 is 9.47 Å². The summed E-state index contributed by atoms with van der Waals surface area (Å²) >= 11 is 0. The summed E-state index contributed by atoms with van der Waals surface area (Å²) in [6.45, 7) is 2.02. The van der Waals surface area contributed by atoms with E-state index in [0.29, 0.717) is 6.61 Å². The van der Waals surface area contributed by atoms with Gasteiger partial charge >= 0.3 is 6.16 Å². The molecule has 0 bridgehead atoms. The Bertz CT molecular complexity index is 60.0. The van der Waals surface area contributed by atoms with E-state index in [2.05, 4.69) is 16.6 Å². The topological polar surface area (TPSA) is 35.5 Å². The standard InChI is InChI=1S/C4H7O3/c1-3-7-4(5)6-2/h2-3H2,1H3. The Morgan fingerprint density at radius 1 is 1.86 bits per heavy atom. The summed E-state index contributed by atoms with van der Waals surface area (Å²) in [7, 11) is 2.83. The van der Waals surface area contributed by atoms with E-state index in [0.717, 1.165) is 0 Å². The normalized spacial score (nSPS) is 7.71. The highest BCUT2D eigenvalue weighted by atomic mass is 16.7. The van der Waals surface area contributed by atoms with E-state index in [1.54, 1.807) is 6.92 Å². The van der Waals surface area contributed by atoms with Crippen molar-refractivity contribution in [3.05, 3.63) is 7.11 Å². The summed E-state index contributed by atoms with van der Waals surface area (Å²) in [6, 6.07) is 0. The molecule has 0 N–H and O–H groups in total. The Morgan fingerprint density at radius 2 is 2.43 bits per heavy atom. The van der Waals surface area contributed by atoms with Crippen LogP contribution in [-0.4, -0.2) is 12.8 Å². The van der Waals surface area contributed by atoms with E-state index in [1.165, 1.54) is 0 Å². The van der Waals surface area contributed by atoms with Gasteiger partial charge in [0, 0.05) is 0 Å². The summed E-state index contributed by atoms with van der Waals surface area (Å²) in [4.78, 5) is 9.90. The van der Waals surface area contributed by atoms with Crippen molar-refractivity contribution in [3.63, 3.8) is 0 Å². The number of hydrogen-bond acceptors (Lipinski definition) is 3. The average Bonchev–Trinajstić information content (AvgIpc) is 1.68. The highest BCUT2D eigenvalue weighted by molar-refractivity contribution is 5.59. The second-order valence-corrected chi connectivity index (χ2v) is 0.827. The molecule has 0 rings (SSSR count). The highest BCUT2D eigenvalue weighted by Crippen LogP contribution is 1.79. The minimum absolute atomic E-state index is 0.328. The Labute approximate surface area is 42.2 Å². The first-order valence-corrected chi connectivity index (χ1v) is 1.90. The SMILES string of the molecule is [CH2]OC(=O)OCC. The molecule has 0 aliphatic carbocycles. The third-order valence-corrected chi connectivity index (χ3v) is 0.380. The van der Waals surface area contributed by atoms with Gasteiger partial charge in [-0.2, -0.15) is 0 Å². The zero-order chi connectivity index (χ0) is 5.70. The van der Waals surface area contributed by atoms with Gasteiger partial charge in [0.2, 0.25) is 0 Å². The lowest BCUT2D eigenvalue weighted by molar-refractivity contribution is 0.0876. The molecule has 3 heteroatoms. The maximum atomic E-state index is 9.90. The van der Waals surface area contributed by atoms with Crippen LogP contribution in [0.1, 0.15) is 6.92 Å². The predicted octanol–water partition coefficient (Wildman–Crippen LogP) is 0.951. The molecular weight excluding hydrogens is 96.0 g/mol. The average molecular weight is 103 g/mol. The fourth-order valence-corrected chi connectivity index (χ4v) is 0.160. The number of rotatable bonds is 1. The van der Waals surface area contributed by atoms with E-state index in [9.17, 15) is 4.79 Å². The summed E-state index contributed by atoms with van der Waals surface area (Å²) in [5.74, 6) is 0. The second kappa shape index (κ2) is 3.46. The largest absolute Gasteiger partial charge is 0.508 e. The summed E-state index contributed by atoms with van der Waals surface area (Å²) in [5, 5.41) is 0. The van der Waals surface area contributed by atoms with Gasteiger partial charge in [0.1, 0.15) is 7.11 Å². The highest BCUT2D eigenvalue weighted by Gasteiger charge is 1.93. The molecule has 7 heavy (non-hydrogen) atoms. The van der Waals surface area contributed by atoms with E-state index in [4.69, 9.17) is 0 Å². The van der Waals surface area contributed by atoms with E-state index in [1.807, 2.05) is 0 Å². The van der Waals surface area contributed by atoms with Crippen LogP contribution in [0, 0.1) is 7.11 Å². The molecule has 0 aromatic carbocycles. The van der Waals surface area contributed by atoms with Crippen LogP contribution in [0.5, 0.6) is 0 Å². The van der Waals surface area contributed by atoms with Crippen LogP contribution in [0.2, 0.25) is 0 Å². The van der Waals surface area contributed by atoms with Gasteiger partial charge in [-0.25, -0.2) is 4.79 Å². The van der Waals surface area contributed by atoms with Gasteiger partial charge in [-0.1, -0.05) is 0 Å². The molecule has 0 heterocycles. The molecule has 1 radical (unpaired) electrons. The molecule has 0 spiro atoms. The van der Waals surface area contributed by atoms with Gasteiger partial charge in [0.05, 0.1) is 6.61 Å². The zero-order valence-electron chi connectivity index (χ0n) is 4.14. The van der Waals surface area contributed by atoms with Gasteiger partial charge in [-0.05, 0) is 6.92 Å². The summed E-state index contributed by atoms with van der Waals surface area (Å²) < 4.78 is 8.15. The zero-order valence-corrected chi connectivity index (χ0v) is 4.14. The first kappa shape index (κ1) is 6.27. The molecule has 0 unspecified atom stereocenters. The molecule has 0 saturated heterocycles. The van der Waals surface area contributed by atoms with Gasteiger partial charge in [0.15, 0.2) is 0 Å². The molecule has 0 amide bonds. The van der Waals surface area contributed by atoms with Crippen molar-refractivity contribution in [2.24, 2.45) is 0 Å². The quantitative estimate of drug-likeness (QED) is 0.463. The smallest absolute Gasteiger partial charge is 0.435 e. The molecule has 0 aromatic rings. The Balaban J connectivity index is 3.00. The number of carbonyl (C=O) groups excluding carboxylic acids is 1. The summed E-state index contributed by atoms with van der Waals surface area (Å²) in [5.41, 5.74) is 0. The van der Waals surface area contributed by atoms with Crippen molar-refractivity contribution >= 4 is 6.16 Å². The maximum absolute atomic E-state index is 9.90. The third-order valence-electron chi connectivity index (χ3n) is 0.380. The maximum Gasteiger partial charge on any atom is 0.508 e. The van der Waals surface area contributed by atoms with Gasteiger partial charge in [-0.3, -0.25) is 0 Å². The molecule has 0 fully saturated rings. The minimum atomic E-state index is -0.734. The molecule has 0 aliphatic heterocycles. The van der Waals surface area contributed by atoms with Gasteiger partial charge in [0.25, 0.3) is 0 Å². The Hall–Kier alpha value is -0.730. The van der Waals surface area contributed by atoms with Crippen LogP contribution in [-0.2, 0) is 9.47 Å². The van der Waals surface area contributed by atoms with Crippen LogP contribution >= 0.6 is 0 Å². The van der Waals surface area contributed by atoms with Crippen molar-refractivity contribution < 1.29 is 14.3 Å². The molecule has 0 saturated carbocycles. The van der Waals surface area contributed by atoms with Crippen LogP contribution in [0.15, 0.2) is 0 Å². The van der Waals surface area contributed by atoms with Crippen LogP contribution in [0.3, 0.4) is 0 Å². The van der Waals surface area contributed by atoms with E-state index >= 15 is 0 Å². The Morgan fingerprint density at radius 3 is 2.57 bits per heavy atom. The second-order valence-electron chi connectivity index (χ2n) is 0.827. The molecule has 3 nitrogen and oxygen atoms in total. The van der Waals surface area contributed by atoms with Crippen molar-refractivity contribution in [2.75, 3.05) is 6.61 Å². The number of hydrogen-bond donors (Lipinski definition) is 0. The van der Waals surface area contributed by atoms with Crippen LogP contribution in [0.4, 0.5) is 4.79 Å². The van der Waals surface area contributed by atoms with E-state index < -0.39 is 6.16 Å². The van der Waals surface area contributed by atoms with Gasteiger partial charge in [-0.15, -0.1) is 0 Å². The predicted molar refractivity (Wildman–Crippen MR) is 23.5 cm³/mol. The molecular formula is C4H7O3. The van der Waals surface area contributed by atoms with Crippen molar-refractivity contribution in [3.8, 4) is 0 Å². The van der Waals surface area contributed by atoms with Crippen LogP contribution in [0.25, 0.3) is 0 Å². The van der Waals surface area contributed by atoms with Crippen molar-refractivity contribution in [1.82, 2.24) is 0 Å².